The highest BCUT2D eigenvalue weighted by Crippen LogP contribution is 2.35. The molecule has 1 aliphatic carbocycles. The van der Waals surface area contributed by atoms with Crippen molar-refractivity contribution in [3.05, 3.63) is 36.0 Å². The Labute approximate surface area is 147 Å². The summed E-state index contributed by atoms with van der Waals surface area (Å²) in [7, 11) is 0. The van der Waals surface area contributed by atoms with E-state index in [1.54, 1.807) is 13.0 Å². The van der Waals surface area contributed by atoms with Crippen LogP contribution in [0.5, 0.6) is 0 Å². The molecular formula is C19H24O6. The average molecular weight is 348 g/mol. The smallest absolute Gasteiger partial charge is 0.334 e. The van der Waals surface area contributed by atoms with Crippen molar-refractivity contribution in [3.8, 4) is 0 Å². The Kier molecular flexibility index (Phi) is 5.82. The first kappa shape index (κ1) is 19.0. The lowest BCUT2D eigenvalue weighted by Gasteiger charge is -2.28. The van der Waals surface area contributed by atoms with Crippen molar-refractivity contribution in [3.63, 3.8) is 0 Å². The number of ether oxygens (including phenoxy) is 3. The van der Waals surface area contributed by atoms with Gasteiger partial charge in [0.2, 0.25) is 0 Å². The standard InChI is InChI=1S/C19H24O6/c1-10-6-7-15-12(3)19(22)25-18(15)8-11(2)17(24-14(5)21)9-16(10)23-13(4)20/h8,15-18H,1,3,6-7,9H2,2,4-5H3. The summed E-state index contributed by atoms with van der Waals surface area (Å²) in [6.45, 7) is 12.3. The summed E-state index contributed by atoms with van der Waals surface area (Å²) >= 11 is 0. The predicted molar refractivity (Wildman–Crippen MR) is 90.4 cm³/mol. The SMILES string of the molecule is C=C1CCC2C(=C)C(=O)OC2C=C(C)C(OC(C)=O)CC1OC(C)=O. The number of rotatable bonds is 2. The first-order valence-electron chi connectivity index (χ1n) is 8.29. The fourth-order valence-electron chi connectivity index (χ4n) is 3.21. The van der Waals surface area contributed by atoms with E-state index in [9.17, 15) is 14.4 Å². The zero-order valence-electron chi connectivity index (χ0n) is 14.9. The van der Waals surface area contributed by atoms with Gasteiger partial charge < -0.3 is 14.2 Å². The van der Waals surface area contributed by atoms with Gasteiger partial charge in [-0.05, 0) is 37.0 Å². The van der Waals surface area contributed by atoms with Crippen LogP contribution in [0, 0.1) is 5.92 Å². The van der Waals surface area contributed by atoms with Crippen molar-refractivity contribution in [1.82, 2.24) is 0 Å². The van der Waals surface area contributed by atoms with Crippen LogP contribution in [0.1, 0.15) is 40.0 Å². The highest BCUT2D eigenvalue weighted by Gasteiger charge is 2.39. The molecule has 0 radical (unpaired) electrons. The first-order chi connectivity index (χ1) is 11.7. The van der Waals surface area contributed by atoms with Gasteiger partial charge in [0.15, 0.2) is 0 Å². The maximum absolute atomic E-state index is 11.9. The van der Waals surface area contributed by atoms with Crippen LogP contribution in [0.2, 0.25) is 0 Å². The summed E-state index contributed by atoms with van der Waals surface area (Å²) in [6.07, 6.45) is 1.66. The fourth-order valence-corrected chi connectivity index (χ4v) is 3.21. The number of carbonyl (C=O) groups excluding carboxylic acids is 3. The van der Waals surface area contributed by atoms with Crippen LogP contribution in [0.25, 0.3) is 0 Å². The van der Waals surface area contributed by atoms with Crippen LogP contribution < -0.4 is 0 Å². The van der Waals surface area contributed by atoms with Crippen molar-refractivity contribution in [2.75, 3.05) is 0 Å². The summed E-state index contributed by atoms with van der Waals surface area (Å²) in [5, 5.41) is 0. The topological polar surface area (TPSA) is 78.9 Å². The minimum absolute atomic E-state index is 0.173. The second-order valence-corrected chi connectivity index (χ2v) is 6.54. The van der Waals surface area contributed by atoms with E-state index < -0.39 is 36.2 Å². The van der Waals surface area contributed by atoms with Gasteiger partial charge in [0.1, 0.15) is 18.3 Å². The van der Waals surface area contributed by atoms with E-state index in [4.69, 9.17) is 14.2 Å². The molecule has 25 heavy (non-hydrogen) atoms. The third-order valence-corrected chi connectivity index (χ3v) is 4.56. The van der Waals surface area contributed by atoms with Crippen molar-refractivity contribution in [2.24, 2.45) is 5.92 Å². The van der Waals surface area contributed by atoms with Crippen molar-refractivity contribution >= 4 is 17.9 Å². The van der Waals surface area contributed by atoms with E-state index in [2.05, 4.69) is 13.2 Å². The molecule has 0 spiro atoms. The summed E-state index contributed by atoms with van der Waals surface area (Å²) in [4.78, 5) is 34.8. The van der Waals surface area contributed by atoms with E-state index in [0.29, 0.717) is 24.0 Å². The number of fused-ring (bicyclic) bond motifs is 1. The quantitative estimate of drug-likeness (QED) is 0.330. The first-order valence-corrected chi connectivity index (χ1v) is 8.29. The maximum atomic E-state index is 11.9. The number of carbonyl (C=O) groups is 3. The third-order valence-electron chi connectivity index (χ3n) is 4.56. The molecule has 1 saturated heterocycles. The molecule has 136 valence electrons. The molecule has 1 heterocycles. The molecule has 1 aliphatic heterocycles. The minimum Gasteiger partial charge on any atom is -0.458 e. The van der Waals surface area contributed by atoms with Gasteiger partial charge in [-0.15, -0.1) is 0 Å². The normalized spacial score (nSPS) is 30.0. The molecule has 4 atom stereocenters. The number of hydrogen-bond donors (Lipinski definition) is 0. The van der Waals surface area contributed by atoms with Gasteiger partial charge >= 0.3 is 17.9 Å². The Hall–Kier alpha value is -2.37. The molecule has 0 bridgehead atoms. The number of hydrogen-bond acceptors (Lipinski definition) is 6. The summed E-state index contributed by atoms with van der Waals surface area (Å²) in [5.41, 5.74) is 1.88. The van der Waals surface area contributed by atoms with Crippen LogP contribution in [0.3, 0.4) is 0 Å². The van der Waals surface area contributed by atoms with Crippen LogP contribution >= 0.6 is 0 Å². The molecule has 0 aromatic carbocycles. The Morgan fingerprint density at radius 1 is 1.16 bits per heavy atom. The molecule has 0 amide bonds. The number of esters is 3. The zero-order valence-corrected chi connectivity index (χ0v) is 14.9. The summed E-state index contributed by atoms with van der Waals surface area (Å²) in [5.74, 6) is -1.45. The highest BCUT2D eigenvalue weighted by atomic mass is 16.6. The monoisotopic (exact) mass is 348 g/mol. The van der Waals surface area contributed by atoms with E-state index >= 15 is 0 Å². The Balaban J connectivity index is 2.37. The van der Waals surface area contributed by atoms with E-state index in [1.165, 1.54) is 13.8 Å². The van der Waals surface area contributed by atoms with Gasteiger partial charge in [0, 0.05) is 31.8 Å². The molecule has 0 N–H and O–H groups in total. The largest absolute Gasteiger partial charge is 0.458 e. The molecule has 0 aromatic rings. The summed E-state index contributed by atoms with van der Waals surface area (Å²) < 4.78 is 16.2. The average Bonchev–Trinajstić information content (AvgIpc) is 2.76. The van der Waals surface area contributed by atoms with Gasteiger partial charge in [-0.25, -0.2) is 4.79 Å². The zero-order chi connectivity index (χ0) is 18.7. The lowest BCUT2D eigenvalue weighted by Crippen LogP contribution is -2.30. The molecule has 2 aliphatic rings. The van der Waals surface area contributed by atoms with E-state index in [-0.39, 0.29) is 12.3 Å². The molecule has 0 saturated carbocycles. The minimum atomic E-state index is -0.593. The molecule has 6 nitrogen and oxygen atoms in total. The van der Waals surface area contributed by atoms with Gasteiger partial charge in [0.05, 0.1) is 0 Å². The predicted octanol–water partition coefficient (Wildman–Crippen LogP) is 2.63. The lowest BCUT2D eigenvalue weighted by molar-refractivity contribution is -0.150. The molecule has 6 heteroatoms. The van der Waals surface area contributed by atoms with Crippen LogP contribution in [-0.2, 0) is 28.6 Å². The van der Waals surface area contributed by atoms with Crippen molar-refractivity contribution < 1.29 is 28.6 Å². The van der Waals surface area contributed by atoms with Crippen molar-refractivity contribution in [1.29, 1.82) is 0 Å². The molecule has 4 unspecified atom stereocenters. The second kappa shape index (κ2) is 7.68. The van der Waals surface area contributed by atoms with Crippen LogP contribution in [0.4, 0.5) is 0 Å². The maximum Gasteiger partial charge on any atom is 0.334 e. The van der Waals surface area contributed by atoms with Crippen LogP contribution in [-0.4, -0.2) is 36.2 Å². The van der Waals surface area contributed by atoms with Gasteiger partial charge in [-0.3, -0.25) is 9.59 Å². The van der Waals surface area contributed by atoms with Gasteiger partial charge in [0.25, 0.3) is 0 Å². The van der Waals surface area contributed by atoms with E-state index in [1.807, 2.05) is 0 Å². The second-order valence-electron chi connectivity index (χ2n) is 6.54. The molecule has 2 rings (SSSR count). The Bertz CT molecular complexity index is 644. The molecular weight excluding hydrogens is 324 g/mol. The van der Waals surface area contributed by atoms with E-state index in [0.717, 1.165) is 5.57 Å². The van der Waals surface area contributed by atoms with Crippen molar-refractivity contribution in [2.45, 2.75) is 58.3 Å². The molecule has 0 aromatic heterocycles. The Morgan fingerprint density at radius 3 is 2.36 bits per heavy atom. The molecule has 1 fully saturated rings. The Morgan fingerprint density at radius 2 is 1.76 bits per heavy atom. The van der Waals surface area contributed by atoms with Crippen LogP contribution in [0.15, 0.2) is 36.0 Å². The lowest BCUT2D eigenvalue weighted by atomic mass is 9.85. The van der Waals surface area contributed by atoms with Gasteiger partial charge in [-0.1, -0.05) is 13.2 Å². The highest BCUT2D eigenvalue weighted by molar-refractivity contribution is 5.91. The summed E-state index contributed by atoms with van der Waals surface area (Å²) in [6, 6.07) is 0. The van der Waals surface area contributed by atoms with Gasteiger partial charge in [-0.2, -0.15) is 0 Å². The third kappa shape index (κ3) is 4.59. The fraction of sp³-hybridized carbons (Fsp3) is 0.526.